The molecule has 0 spiro atoms. The second kappa shape index (κ2) is 6.16. The van der Waals surface area contributed by atoms with Gasteiger partial charge in [0.15, 0.2) is 0 Å². The first-order chi connectivity index (χ1) is 9.91. The molecular weight excluding hydrogens is 270 g/mol. The van der Waals surface area contributed by atoms with Crippen molar-refractivity contribution < 1.29 is 19.1 Å². The van der Waals surface area contributed by atoms with Crippen LogP contribution in [0.15, 0.2) is 29.4 Å². The van der Waals surface area contributed by atoms with Crippen molar-refractivity contribution in [2.75, 3.05) is 20.3 Å². The monoisotopic (exact) mass is 291 g/mol. The van der Waals surface area contributed by atoms with Gasteiger partial charge in [-0.3, -0.25) is 4.79 Å². The number of hydrogen-bond donors (Lipinski definition) is 0. The number of oxime groups is 1. The van der Waals surface area contributed by atoms with Gasteiger partial charge in [-0.15, -0.1) is 0 Å². The summed E-state index contributed by atoms with van der Waals surface area (Å²) in [6.07, 6.45) is 0. The van der Waals surface area contributed by atoms with Crippen molar-refractivity contribution in [3.05, 3.63) is 29.8 Å². The molecule has 5 nitrogen and oxygen atoms in total. The molecule has 21 heavy (non-hydrogen) atoms. The Hall–Kier alpha value is -2.04. The Morgan fingerprint density at radius 3 is 2.57 bits per heavy atom. The predicted molar refractivity (Wildman–Crippen MR) is 79.5 cm³/mol. The normalized spacial score (nSPS) is 17.9. The first-order valence-corrected chi connectivity index (χ1v) is 6.91. The molecule has 0 amide bonds. The molecule has 1 aliphatic heterocycles. The van der Waals surface area contributed by atoms with Gasteiger partial charge in [-0.2, -0.15) is 0 Å². The van der Waals surface area contributed by atoms with Crippen molar-refractivity contribution in [3.8, 4) is 5.75 Å². The summed E-state index contributed by atoms with van der Waals surface area (Å²) in [5.74, 6) is 0.574. The third kappa shape index (κ3) is 3.74. The fourth-order valence-corrected chi connectivity index (χ4v) is 1.96. The maximum atomic E-state index is 11.8. The van der Waals surface area contributed by atoms with Crippen LogP contribution in [0.3, 0.4) is 0 Å². The van der Waals surface area contributed by atoms with Crippen LogP contribution in [0.2, 0.25) is 0 Å². The lowest BCUT2D eigenvalue weighted by Crippen LogP contribution is -2.27. The van der Waals surface area contributed by atoms with Gasteiger partial charge in [-0.1, -0.05) is 17.3 Å². The number of hydrogen-bond acceptors (Lipinski definition) is 5. The Morgan fingerprint density at radius 1 is 1.33 bits per heavy atom. The summed E-state index contributed by atoms with van der Waals surface area (Å²) >= 11 is 0. The highest BCUT2D eigenvalue weighted by Crippen LogP contribution is 2.26. The van der Waals surface area contributed by atoms with Crippen LogP contribution in [0, 0.1) is 5.41 Å². The second-order valence-electron chi connectivity index (χ2n) is 6.03. The summed E-state index contributed by atoms with van der Waals surface area (Å²) in [6, 6.07) is 7.73. The Bertz CT molecular complexity index is 528. The highest BCUT2D eigenvalue weighted by atomic mass is 16.6. The molecule has 0 bridgehead atoms. The van der Waals surface area contributed by atoms with Crippen LogP contribution < -0.4 is 4.74 Å². The summed E-state index contributed by atoms with van der Waals surface area (Å²) in [5, 5.41) is 4.00. The lowest BCUT2D eigenvalue weighted by atomic mass is 9.95. The van der Waals surface area contributed by atoms with Gasteiger partial charge < -0.3 is 14.3 Å². The number of rotatable bonds is 4. The molecule has 0 N–H and O–H groups in total. The minimum Gasteiger partial charge on any atom is -0.497 e. The maximum absolute atomic E-state index is 11.8. The van der Waals surface area contributed by atoms with E-state index >= 15 is 0 Å². The summed E-state index contributed by atoms with van der Waals surface area (Å²) in [5.41, 5.74) is 1.28. The zero-order valence-electron chi connectivity index (χ0n) is 12.9. The van der Waals surface area contributed by atoms with Gasteiger partial charge in [-0.25, -0.2) is 0 Å². The van der Waals surface area contributed by atoms with Crippen molar-refractivity contribution >= 4 is 11.7 Å². The van der Waals surface area contributed by atoms with E-state index in [1.807, 2.05) is 45.0 Å². The van der Waals surface area contributed by atoms with Gasteiger partial charge in [0, 0.05) is 0 Å². The Labute approximate surface area is 124 Å². The van der Waals surface area contributed by atoms with Crippen molar-refractivity contribution in [1.29, 1.82) is 0 Å². The molecular formula is C16H21NO4. The number of ether oxygens (including phenoxy) is 2. The third-order valence-corrected chi connectivity index (χ3v) is 3.31. The molecule has 5 heteroatoms. The maximum Gasteiger partial charge on any atom is 0.311 e. The standard InChI is InChI=1S/C16H21NO4/c1-16(2,3)15(18)20-10-14-13(9-21-17-14)11-5-7-12(19-4)8-6-11/h5-8,13H,9-10H2,1-4H3/t13-/m1/s1. The number of carbonyl (C=O) groups is 1. The van der Waals surface area contributed by atoms with Crippen LogP contribution in [0.25, 0.3) is 0 Å². The lowest BCUT2D eigenvalue weighted by Gasteiger charge is -2.17. The molecule has 0 fully saturated rings. The molecule has 114 valence electrons. The van der Waals surface area contributed by atoms with Crippen LogP contribution in [0.1, 0.15) is 32.3 Å². The minimum atomic E-state index is -0.518. The van der Waals surface area contributed by atoms with Crippen LogP contribution in [-0.2, 0) is 14.4 Å². The molecule has 0 unspecified atom stereocenters. The number of methoxy groups -OCH3 is 1. The van der Waals surface area contributed by atoms with Crippen LogP contribution in [0.4, 0.5) is 0 Å². The molecule has 1 aromatic carbocycles. The fraction of sp³-hybridized carbons (Fsp3) is 0.500. The number of benzene rings is 1. The molecule has 1 atom stereocenters. The largest absolute Gasteiger partial charge is 0.497 e. The molecule has 0 saturated heterocycles. The smallest absolute Gasteiger partial charge is 0.311 e. The molecule has 1 heterocycles. The zero-order chi connectivity index (χ0) is 15.5. The molecule has 2 rings (SSSR count). The summed E-state index contributed by atoms with van der Waals surface area (Å²) < 4.78 is 10.5. The van der Waals surface area contributed by atoms with E-state index in [0.29, 0.717) is 6.61 Å². The Morgan fingerprint density at radius 2 is 2.00 bits per heavy atom. The third-order valence-electron chi connectivity index (χ3n) is 3.31. The van der Waals surface area contributed by atoms with E-state index in [1.165, 1.54) is 0 Å². The van der Waals surface area contributed by atoms with Crippen LogP contribution in [-0.4, -0.2) is 32.0 Å². The quantitative estimate of drug-likeness (QED) is 0.800. The second-order valence-corrected chi connectivity index (χ2v) is 6.03. The van der Waals surface area contributed by atoms with E-state index < -0.39 is 5.41 Å². The van der Waals surface area contributed by atoms with Crippen LogP contribution in [0.5, 0.6) is 5.75 Å². The summed E-state index contributed by atoms with van der Waals surface area (Å²) in [7, 11) is 1.63. The van der Waals surface area contributed by atoms with E-state index in [4.69, 9.17) is 14.3 Å². The Kier molecular flexibility index (Phi) is 4.50. The molecule has 1 aromatic rings. The van der Waals surface area contributed by atoms with Crippen LogP contribution >= 0.6 is 0 Å². The molecule has 1 aliphatic rings. The van der Waals surface area contributed by atoms with Crippen molar-refractivity contribution in [1.82, 2.24) is 0 Å². The fourth-order valence-electron chi connectivity index (χ4n) is 1.96. The molecule has 0 saturated carbocycles. The van der Waals surface area contributed by atoms with Gasteiger partial charge in [-0.05, 0) is 38.5 Å². The highest BCUT2D eigenvalue weighted by Gasteiger charge is 2.29. The number of carbonyl (C=O) groups excluding carboxylic acids is 1. The Balaban J connectivity index is 2.01. The van der Waals surface area contributed by atoms with Gasteiger partial charge in [0.2, 0.25) is 0 Å². The van der Waals surface area contributed by atoms with Gasteiger partial charge >= 0.3 is 5.97 Å². The van der Waals surface area contributed by atoms with Crippen molar-refractivity contribution in [3.63, 3.8) is 0 Å². The van der Waals surface area contributed by atoms with Crippen molar-refractivity contribution in [2.45, 2.75) is 26.7 Å². The van der Waals surface area contributed by atoms with E-state index in [-0.39, 0.29) is 18.5 Å². The molecule has 0 radical (unpaired) electrons. The van der Waals surface area contributed by atoms with Gasteiger partial charge in [0.05, 0.1) is 18.4 Å². The van der Waals surface area contributed by atoms with Gasteiger partial charge in [0.1, 0.15) is 24.7 Å². The SMILES string of the molecule is COc1ccc([C@H]2CON=C2COC(=O)C(C)(C)C)cc1. The lowest BCUT2D eigenvalue weighted by molar-refractivity contribution is -0.151. The topological polar surface area (TPSA) is 57.1 Å². The molecule has 0 aliphatic carbocycles. The van der Waals surface area contributed by atoms with E-state index in [1.54, 1.807) is 7.11 Å². The number of esters is 1. The average Bonchev–Trinajstić information content (AvgIpc) is 2.92. The van der Waals surface area contributed by atoms with E-state index in [0.717, 1.165) is 17.0 Å². The average molecular weight is 291 g/mol. The van der Waals surface area contributed by atoms with Crippen molar-refractivity contribution in [2.24, 2.45) is 10.6 Å². The minimum absolute atomic E-state index is 0.0173. The predicted octanol–water partition coefficient (Wildman–Crippen LogP) is 2.75. The zero-order valence-corrected chi connectivity index (χ0v) is 12.9. The summed E-state index contributed by atoms with van der Waals surface area (Å²) in [4.78, 5) is 17.0. The first kappa shape index (κ1) is 15.4. The number of nitrogens with zero attached hydrogens (tertiary/aromatic N) is 1. The highest BCUT2D eigenvalue weighted by molar-refractivity contribution is 5.94. The van der Waals surface area contributed by atoms with E-state index in [2.05, 4.69) is 5.16 Å². The van der Waals surface area contributed by atoms with E-state index in [9.17, 15) is 4.79 Å². The molecule has 0 aromatic heterocycles. The first-order valence-electron chi connectivity index (χ1n) is 6.91. The summed E-state index contributed by atoms with van der Waals surface area (Å²) in [6.45, 7) is 6.09. The van der Waals surface area contributed by atoms with Gasteiger partial charge in [0.25, 0.3) is 0 Å².